The third kappa shape index (κ3) is 0.744. The van der Waals surface area contributed by atoms with Gasteiger partial charge in [-0.1, -0.05) is 0 Å². The van der Waals surface area contributed by atoms with Gasteiger partial charge >= 0.3 is 0 Å². The summed E-state index contributed by atoms with van der Waals surface area (Å²) in [6.07, 6.45) is 4.24. The highest BCUT2D eigenvalue weighted by Gasteiger charge is 2.27. The van der Waals surface area contributed by atoms with Crippen molar-refractivity contribution in [3.05, 3.63) is 11.8 Å². The lowest BCUT2D eigenvalue weighted by Crippen LogP contribution is -2.14. The van der Waals surface area contributed by atoms with Crippen molar-refractivity contribution in [1.82, 2.24) is 5.32 Å². The van der Waals surface area contributed by atoms with Gasteiger partial charge in [0.25, 0.3) is 0 Å². The van der Waals surface area contributed by atoms with Crippen molar-refractivity contribution in [3.63, 3.8) is 0 Å². The van der Waals surface area contributed by atoms with Gasteiger partial charge < -0.3 is 5.32 Å². The van der Waals surface area contributed by atoms with Gasteiger partial charge in [-0.05, 0) is 6.08 Å². The molecule has 2 aliphatic heterocycles. The van der Waals surface area contributed by atoms with Crippen LogP contribution in [0.1, 0.15) is 6.42 Å². The Hall–Kier alpha value is -1.12. The number of hydrogen-bond donors (Lipinski definition) is 1. The molecule has 0 aliphatic carbocycles. The fourth-order valence-electron chi connectivity index (χ4n) is 1.31. The fourth-order valence-corrected chi connectivity index (χ4v) is 1.31. The predicted molar refractivity (Wildman–Crippen MR) is 37.7 cm³/mol. The van der Waals surface area contributed by atoms with E-state index >= 15 is 0 Å². The monoisotopic (exact) mass is 136 g/mol. The molecule has 1 saturated heterocycles. The molecule has 0 saturated carbocycles. The molecule has 0 aromatic carbocycles. The normalized spacial score (nSPS) is 29.4. The van der Waals surface area contributed by atoms with Gasteiger partial charge in [-0.15, -0.1) is 0 Å². The second-order valence-corrected chi connectivity index (χ2v) is 2.59. The summed E-state index contributed by atoms with van der Waals surface area (Å²) < 4.78 is 0. The highest BCUT2D eigenvalue weighted by molar-refractivity contribution is 5.85. The van der Waals surface area contributed by atoms with Gasteiger partial charge in [-0.3, -0.25) is 9.79 Å². The van der Waals surface area contributed by atoms with Gasteiger partial charge in [0.05, 0.1) is 0 Å². The van der Waals surface area contributed by atoms with E-state index in [9.17, 15) is 4.79 Å². The number of fused-ring (bicyclic) bond motifs is 1. The Kier molecular flexibility index (Phi) is 1.09. The molecule has 3 nitrogen and oxygen atoms in total. The van der Waals surface area contributed by atoms with Crippen LogP contribution in [0.25, 0.3) is 0 Å². The first-order valence-electron chi connectivity index (χ1n) is 3.36. The molecule has 1 fully saturated rings. The van der Waals surface area contributed by atoms with E-state index in [1.54, 1.807) is 6.21 Å². The van der Waals surface area contributed by atoms with Crippen molar-refractivity contribution in [2.45, 2.75) is 6.42 Å². The standard InChI is InChI=1S/C7H8N2O/c10-7-3-5-4-8-2-1-6(5)9-7/h1-2,5H,3-4H2,(H,9,10). The first kappa shape index (κ1) is 5.65. The third-order valence-electron chi connectivity index (χ3n) is 1.84. The summed E-state index contributed by atoms with van der Waals surface area (Å²) in [6.45, 7) is 0.768. The Labute approximate surface area is 58.8 Å². The van der Waals surface area contributed by atoms with Crippen molar-refractivity contribution >= 4 is 12.1 Å². The van der Waals surface area contributed by atoms with Crippen LogP contribution in [0.5, 0.6) is 0 Å². The van der Waals surface area contributed by atoms with Crippen LogP contribution < -0.4 is 5.32 Å². The molecule has 3 heteroatoms. The molecule has 2 aliphatic rings. The van der Waals surface area contributed by atoms with E-state index in [1.165, 1.54) is 0 Å². The summed E-state index contributed by atoms with van der Waals surface area (Å²) in [5.74, 6) is 0.472. The second-order valence-electron chi connectivity index (χ2n) is 2.59. The average molecular weight is 136 g/mol. The fraction of sp³-hybridized carbons (Fsp3) is 0.429. The molecule has 1 atom stereocenters. The number of carbonyl (C=O) groups is 1. The van der Waals surface area contributed by atoms with E-state index < -0.39 is 0 Å². The van der Waals surface area contributed by atoms with E-state index in [-0.39, 0.29) is 5.91 Å². The maximum Gasteiger partial charge on any atom is 0.224 e. The van der Waals surface area contributed by atoms with Crippen LogP contribution in [0.15, 0.2) is 16.8 Å². The molecule has 0 aromatic rings. The van der Waals surface area contributed by atoms with Gasteiger partial charge in [-0.2, -0.15) is 0 Å². The van der Waals surface area contributed by atoms with Gasteiger partial charge in [-0.25, -0.2) is 0 Å². The summed E-state index contributed by atoms with van der Waals surface area (Å²) >= 11 is 0. The summed E-state index contributed by atoms with van der Waals surface area (Å²) in [5, 5.41) is 2.79. The quantitative estimate of drug-likeness (QED) is 0.504. The zero-order chi connectivity index (χ0) is 6.97. The number of rotatable bonds is 0. The molecule has 10 heavy (non-hydrogen) atoms. The first-order chi connectivity index (χ1) is 4.86. The van der Waals surface area contributed by atoms with E-state index in [4.69, 9.17) is 0 Å². The molecular weight excluding hydrogens is 128 g/mol. The lowest BCUT2D eigenvalue weighted by atomic mass is 10.0. The molecule has 0 bridgehead atoms. The predicted octanol–water partition coefficient (Wildman–Crippen LogP) is 0.0908. The Morgan fingerprint density at radius 3 is 3.40 bits per heavy atom. The number of carbonyl (C=O) groups excluding carboxylic acids is 1. The third-order valence-corrected chi connectivity index (χ3v) is 1.84. The maximum absolute atomic E-state index is 10.8. The Balaban J connectivity index is 2.26. The minimum atomic E-state index is 0.127. The van der Waals surface area contributed by atoms with Gasteiger partial charge in [0.1, 0.15) is 0 Å². The first-order valence-corrected chi connectivity index (χ1v) is 3.36. The summed E-state index contributed by atoms with van der Waals surface area (Å²) in [6, 6.07) is 0. The molecule has 1 unspecified atom stereocenters. The van der Waals surface area contributed by atoms with Crippen LogP contribution >= 0.6 is 0 Å². The Bertz CT molecular complexity index is 230. The van der Waals surface area contributed by atoms with E-state index in [2.05, 4.69) is 10.3 Å². The Morgan fingerprint density at radius 2 is 2.60 bits per heavy atom. The number of nitrogens with one attached hydrogen (secondary N) is 1. The van der Waals surface area contributed by atoms with Crippen molar-refractivity contribution in [2.75, 3.05) is 6.54 Å². The SMILES string of the molecule is O=C1CC2CN=CC=C2N1. The number of nitrogens with zero attached hydrogens (tertiary/aromatic N) is 1. The zero-order valence-corrected chi connectivity index (χ0v) is 5.50. The molecule has 2 rings (SSSR count). The average Bonchev–Trinajstić information content (AvgIpc) is 2.27. The number of allylic oxidation sites excluding steroid dienone is 1. The lowest BCUT2D eigenvalue weighted by molar-refractivity contribution is -0.119. The number of amides is 1. The highest BCUT2D eigenvalue weighted by Crippen LogP contribution is 2.21. The highest BCUT2D eigenvalue weighted by atomic mass is 16.1. The van der Waals surface area contributed by atoms with Gasteiger partial charge in [0, 0.05) is 30.8 Å². The molecule has 0 aromatic heterocycles. The molecule has 52 valence electrons. The second kappa shape index (κ2) is 1.94. The van der Waals surface area contributed by atoms with E-state index in [0.717, 1.165) is 12.2 Å². The molecule has 2 heterocycles. The minimum absolute atomic E-state index is 0.127. The summed E-state index contributed by atoms with van der Waals surface area (Å²) in [4.78, 5) is 14.9. The zero-order valence-electron chi connectivity index (χ0n) is 5.50. The topological polar surface area (TPSA) is 41.5 Å². The number of hydrogen-bond acceptors (Lipinski definition) is 2. The van der Waals surface area contributed by atoms with Crippen molar-refractivity contribution < 1.29 is 4.79 Å². The Morgan fingerprint density at radius 1 is 1.70 bits per heavy atom. The maximum atomic E-state index is 10.8. The van der Waals surface area contributed by atoms with Crippen LogP contribution in [0, 0.1) is 5.92 Å². The van der Waals surface area contributed by atoms with Gasteiger partial charge in [0.2, 0.25) is 5.91 Å². The van der Waals surface area contributed by atoms with Crippen molar-refractivity contribution in [1.29, 1.82) is 0 Å². The van der Waals surface area contributed by atoms with E-state index in [0.29, 0.717) is 12.3 Å². The lowest BCUT2D eigenvalue weighted by Gasteiger charge is -2.08. The minimum Gasteiger partial charge on any atom is -0.329 e. The molecule has 0 spiro atoms. The van der Waals surface area contributed by atoms with Gasteiger partial charge in [0.15, 0.2) is 0 Å². The number of aliphatic imine (C=N–C) groups is 1. The largest absolute Gasteiger partial charge is 0.329 e. The van der Waals surface area contributed by atoms with Crippen molar-refractivity contribution in [2.24, 2.45) is 10.9 Å². The van der Waals surface area contributed by atoms with E-state index in [1.807, 2.05) is 6.08 Å². The smallest absolute Gasteiger partial charge is 0.224 e. The summed E-state index contributed by atoms with van der Waals surface area (Å²) in [5.41, 5.74) is 1.04. The molecule has 0 radical (unpaired) electrons. The van der Waals surface area contributed by atoms with Crippen LogP contribution in [0.4, 0.5) is 0 Å². The number of dihydropyridines is 1. The molecule has 1 N–H and O–H groups in total. The van der Waals surface area contributed by atoms with Crippen LogP contribution in [0.3, 0.4) is 0 Å². The van der Waals surface area contributed by atoms with Crippen molar-refractivity contribution in [3.8, 4) is 0 Å². The molecular formula is C7H8N2O. The van der Waals surface area contributed by atoms with Crippen LogP contribution in [-0.4, -0.2) is 18.7 Å². The summed E-state index contributed by atoms with van der Waals surface area (Å²) in [7, 11) is 0. The van der Waals surface area contributed by atoms with Crippen LogP contribution in [0.2, 0.25) is 0 Å². The molecule has 1 amide bonds. The van der Waals surface area contributed by atoms with Crippen LogP contribution in [-0.2, 0) is 4.79 Å².